The summed E-state index contributed by atoms with van der Waals surface area (Å²) in [6, 6.07) is 12.8. The van der Waals surface area contributed by atoms with E-state index in [0.717, 1.165) is 17.1 Å². The SMILES string of the molecule is CCN(Cc1ccc2c(c1)OCO2)C(=O)c1ccccc1Cl. The van der Waals surface area contributed by atoms with E-state index in [1.54, 1.807) is 17.0 Å². The Hall–Kier alpha value is -2.20. The second kappa shape index (κ2) is 6.28. The molecule has 2 aromatic carbocycles. The quantitative estimate of drug-likeness (QED) is 0.862. The largest absolute Gasteiger partial charge is 0.454 e. The van der Waals surface area contributed by atoms with E-state index >= 15 is 0 Å². The second-order valence-electron chi connectivity index (χ2n) is 4.99. The van der Waals surface area contributed by atoms with Crippen molar-refractivity contribution < 1.29 is 14.3 Å². The number of amides is 1. The number of nitrogens with zero attached hydrogens (tertiary/aromatic N) is 1. The third-order valence-corrected chi connectivity index (χ3v) is 3.91. The van der Waals surface area contributed by atoms with Crippen LogP contribution in [-0.2, 0) is 6.54 Å². The lowest BCUT2D eigenvalue weighted by atomic mass is 10.1. The van der Waals surface area contributed by atoms with Crippen molar-refractivity contribution >= 4 is 17.5 Å². The number of carbonyl (C=O) groups excluding carboxylic acids is 1. The topological polar surface area (TPSA) is 38.8 Å². The van der Waals surface area contributed by atoms with Gasteiger partial charge in [-0.1, -0.05) is 29.8 Å². The highest BCUT2D eigenvalue weighted by molar-refractivity contribution is 6.33. The number of ether oxygens (including phenoxy) is 2. The average molecular weight is 318 g/mol. The summed E-state index contributed by atoms with van der Waals surface area (Å²) >= 11 is 6.12. The van der Waals surface area contributed by atoms with Crippen molar-refractivity contribution in [3.05, 3.63) is 58.6 Å². The molecule has 0 radical (unpaired) electrons. The van der Waals surface area contributed by atoms with Crippen LogP contribution in [0.1, 0.15) is 22.8 Å². The number of fused-ring (bicyclic) bond motifs is 1. The maximum absolute atomic E-state index is 12.6. The van der Waals surface area contributed by atoms with Gasteiger partial charge in [0.15, 0.2) is 11.5 Å². The van der Waals surface area contributed by atoms with Gasteiger partial charge in [-0.3, -0.25) is 4.79 Å². The predicted molar refractivity (Wildman–Crippen MR) is 84.4 cm³/mol. The maximum Gasteiger partial charge on any atom is 0.255 e. The molecule has 114 valence electrons. The minimum Gasteiger partial charge on any atom is -0.454 e. The predicted octanol–water partition coefficient (Wildman–Crippen LogP) is 3.73. The molecule has 0 N–H and O–H groups in total. The Kier molecular flexibility index (Phi) is 4.20. The molecule has 1 heterocycles. The van der Waals surface area contributed by atoms with E-state index in [4.69, 9.17) is 21.1 Å². The van der Waals surface area contributed by atoms with Crippen LogP contribution < -0.4 is 9.47 Å². The smallest absolute Gasteiger partial charge is 0.255 e. The molecule has 22 heavy (non-hydrogen) atoms. The molecule has 1 aliphatic rings. The van der Waals surface area contributed by atoms with Gasteiger partial charge in [-0.15, -0.1) is 0 Å². The van der Waals surface area contributed by atoms with Crippen molar-refractivity contribution in [3.8, 4) is 11.5 Å². The van der Waals surface area contributed by atoms with Crippen molar-refractivity contribution in [2.24, 2.45) is 0 Å². The van der Waals surface area contributed by atoms with Crippen LogP contribution in [0.15, 0.2) is 42.5 Å². The number of benzene rings is 2. The van der Waals surface area contributed by atoms with Gasteiger partial charge in [0.2, 0.25) is 6.79 Å². The Balaban J connectivity index is 1.80. The minimum absolute atomic E-state index is 0.0780. The number of hydrogen-bond donors (Lipinski definition) is 0. The Labute approximate surface area is 134 Å². The molecule has 5 heteroatoms. The molecule has 0 atom stereocenters. The average Bonchev–Trinajstić information content (AvgIpc) is 3.00. The molecule has 1 amide bonds. The molecule has 2 aromatic rings. The number of rotatable bonds is 4. The lowest BCUT2D eigenvalue weighted by Crippen LogP contribution is -2.30. The molecule has 1 aliphatic heterocycles. The van der Waals surface area contributed by atoms with Crippen molar-refractivity contribution in [2.45, 2.75) is 13.5 Å². The summed E-state index contributed by atoms with van der Waals surface area (Å²) < 4.78 is 10.7. The lowest BCUT2D eigenvalue weighted by molar-refractivity contribution is 0.0752. The van der Waals surface area contributed by atoms with Crippen molar-refractivity contribution in [3.63, 3.8) is 0 Å². The van der Waals surface area contributed by atoms with Crippen LogP contribution in [0.3, 0.4) is 0 Å². The van der Waals surface area contributed by atoms with E-state index < -0.39 is 0 Å². The van der Waals surface area contributed by atoms with E-state index in [9.17, 15) is 4.79 Å². The first-order valence-corrected chi connectivity index (χ1v) is 7.49. The van der Waals surface area contributed by atoms with Gasteiger partial charge >= 0.3 is 0 Å². The van der Waals surface area contributed by atoms with Crippen LogP contribution >= 0.6 is 11.6 Å². The van der Waals surface area contributed by atoms with Gasteiger partial charge < -0.3 is 14.4 Å². The Morgan fingerprint density at radius 1 is 1.18 bits per heavy atom. The van der Waals surface area contributed by atoms with Gasteiger partial charge in [0, 0.05) is 13.1 Å². The third-order valence-electron chi connectivity index (χ3n) is 3.58. The summed E-state index contributed by atoms with van der Waals surface area (Å²) in [6.07, 6.45) is 0. The first-order chi connectivity index (χ1) is 10.7. The van der Waals surface area contributed by atoms with Crippen LogP contribution in [0.2, 0.25) is 5.02 Å². The third kappa shape index (κ3) is 2.88. The van der Waals surface area contributed by atoms with E-state index in [-0.39, 0.29) is 12.7 Å². The van der Waals surface area contributed by atoms with Crippen LogP contribution in [0.5, 0.6) is 11.5 Å². The van der Waals surface area contributed by atoms with E-state index in [0.29, 0.717) is 23.7 Å². The number of carbonyl (C=O) groups is 1. The summed E-state index contributed by atoms with van der Waals surface area (Å²) in [6.45, 7) is 3.28. The molecular weight excluding hydrogens is 302 g/mol. The maximum atomic E-state index is 12.6. The van der Waals surface area contributed by atoms with Crippen LogP contribution in [0.25, 0.3) is 0 Å². The van der Waals surface area contributed by atoms with E-state index in [1.807, 2.05) is 37.3 Å². The summed E-state index contributed by atoms with van der Waals surface area (Å²) in [5.74, 6) is 1.38. The zero-order valence-corrected chi connectivity index (χ0v) is 13.0. The number of hydrogen-bond acceptors (Lipinski definition) is 3. The second-order valence-corrected chi connectivity index (χ2v) is 5.39. The van der Waals surface area contributed by atoms with Crippen LogP contribution in [0.4, 0.5) is 0 Å². The first-order valence-electron chi connectivity index (χ1n) is 7.11. The fourth-order valence-corrected chi connectivity index (χ4v) is 2.61. The highest BCUT2D eigenvalue weighted by Crippen LogP contribution is 2.33. The summed E-state index contributed by atoms with van der Waals surface area (Å²) in [5, 5.41) is 0.469. The van der Waals surface area contributed by atoms with Crippen molar-refractivity contribution in [2.75, 3.05) is 13.3 Å². The van der Waals surface area contributed by atoms with Gasteiger partial charge in [-0.2, -0.15) is 0 Å². The summed E-state index contributed by atoms with van der Waals surface area (Å²) in [4.78, 5) is 14.4. The Morgan fingerprint density at radius 3 is 2.73 bits per heavy atom. The standard InChI is InChI=1S/C17H16ClNO3/c1-2-19(17(20)13-5-3-4-6-14(13)18)10-12-7-8-15-16(9-12)22-11-21-15/h3-9H,2,10-11H2,1H3. The molecule has 0 fully saturated rings. The minimum atomic E-state index is -0.0780. The normalized spacial score (nSPS) is 12.3. The molecule has 0 spiro atoms. The van der Waals surface area contributed by atoms with Gasteiger partial charge in [-0.25, -0.2) is 0 Å². The monoisotopic (exact) mass is 317 g/mol. The highest BCUT2D eigenvalue weighted by Gasteiger charge is 2.19. The van der Waals surface area contributed by atoms with Crippen molar-refractivity contribution in [1.82, 2.24) is 4.90 Å². The molecule has 0 bridgehead atoms. The first kappa shape index (κ1) is 14.7. The molecule has 0 saturated carbocycles. The molecule has 4 nitrogen and oxygen atoms in total. The van der Waals surface area contributed by atoms with E-state index in [1.165, 1.54) is 0 Å². The Morgan fingerprint density at radius 2 is 1.95 bits per heavy atom. The van der Waals surface area contributed by atoms with Gasteiger partial charge in [-0.05, 0) is 36.8 Å². The van der Waals surface area contributed by atoms with Crippen LogP contribution in [-0.4, -0.2) is 24.1 Å². The zero-order chi connectivity index (χ0) is 15.5. The zero-order valence-electron chi connectivity index (χ0n) is 12.2. The molecule has 3 rings (SSSR count). The Bertz CT molecular complexity index is 702. The molecule has 0 saturated heterocycles. The fourth-order valence-electron chi connectivity index (χ4n) is 2.39. The van der Waals surface area contributed by atoms with Gasteiger partial charge in [0.1, 0.15) is 0 Å². The lowest BCUT2D eigenvalue weighted by Gasteiger charge is -2.21. The fraction of sp³-hybridized carbons (Fsp3) is 0.235. The van der Waals surface area contributed by atoms with Crippen LogP contribution in [0, 0.1) is 0 Å². The molecular formula is C17H16ClNO3. The number of halogens is 1. The van der Waals surface area contributed by atoms with Gasteiger partial charge in [0.05, 0.1) is 10.6 Å². The molecule has 0 unspecified atom stereocenters. The summed E-state index contributed by atoms with van der Waals surface area (Å²) in [5.41, 5.74) is 1.51. The summed E-state index contributed by atoms with van der Waals surface area (Å²) in [7, 11) is 0. The van der Waals surface area contributed by atoms with Gasteiger partial charge in [0.25, 0.3) is 5.91 Å². The highest BCUT2D eigenvalue weighted by atomic mass is 35.5. The molecule has 0 aliphatic carbocycles. The molecule has 0 aromatic heterocycles. The van der Waals surface area contributed by atoms with E-state index in [2.05, 4.69) is 0 Å². The van der Waals surface area contributed by atoms with Crippen molar-refractivity contribution in [1.29, 1.82) is 0 Å².